The summed E-state index contributed by atoms with van der Waals surface area (Å²) in [6, 6.07) is 14.6. The number of anilines is 1. The molecule has 0 unspecified atom stereocenters. The Bertz CT molecular complexity index is 585. The molecule has 2 aromatic carbocycles. The van der Waals surface area contributed by atoms with Gasteiger partial charge >= 0.3 is 0 Å². The van der Waals surface area contributed by atoms with Crippen molar-refractivity contribution in [3.05, 3.63) is 48.5 Å². The van der Waals surface area contributed by atoms with Crippen LogP contribution in [0.5, 0.6) is 5.75 Å². The van der Waals surface area contributed by atoms with Gasteiger partial charge in [-0.1, -0.05) is 12.1 Å². The van der Waals surface area contributed by atoms with Crippen molar-refractivity contribution >= 4 is 35.1 Å². The zero-order chi connectivity index (χ0) is 14.4. The number of nitrogens with one attached hydrogen (secondary N) is 1. The molecule has 0 aliphatic rings. The van der Waals surface area contributed by atoms with Crippen LogP contribution >= 0.6 is 23.5 Å². The number of phenolic OH excluding ortho intramolecular Hbond substituents is 1. The standard InChI is InChI=1S/C15H15NO2S2/c1-19-14-5-3-2-4-13(14)16-15(18)10-20-12-8-6-11(17)7-9-12/h2-9,17H,10H2,1H3,(H,16,18). The molecule has 5 heteroatoms. The molecular weight excluding hydrogens is 290 g/mol. The summed E-state index contributed by atoms with van der Waals surface area (Å²) in [7, 11) is 0. The van der Waals surface area contributed by atoms with E-state index >= 15 is 0 Å². The number of rotatable bonds is 5. The van der Waals surface area contributed by atoms with Gasteiger partial charge in [-0.3, -0.25) is 4.79 Å². The Morgan fingerprint density at radius 2 is 1.85 bits per heavy atom. The second-order valence-corrected chi connectivity index (χ2v) is 5.93. The molecule has 0 saturated heterocycles. The van der Waals surface area contributed by atoms with Crippen LogP contribution in [0.2, 0.25) is 0 Å². The van der Waals surface area contributed by atoms with Crippen LogP contribution in [0.15, 0.2) is 58.3 Å². The Kier molecular flexibility index (Phi) is 5.38. The zero-order valence-corrected chi connectivity index (χ0v) is 12.6. The van der Waals surface area contributed by atoms with E-state index in [0.717, 1.165) is 15.5 Å². The van der Waals surface area contributed by atoms with Gasteiger partial charge in [0.05, 0.1) is 11.4 Å². The van der Waals surface area contributed by atoms with Gasteiger partial charge in [-0.25, -0.2) is 0 Å². The average Bonchev–Trinajstić information content (AvgIpc) is 2.47. The lowest BCUT2D eigenvalue weighted by Gasteiger charge is -2.09. The molecule has 0 aliphatic carbocycles. The van der Waals surface area contributed by atoms with Crippen LogP contribution in [0.25, 0.3) is 0 Å². The third kappa shape index (κ3) is 4.21. The van der Waals surface area contributed by atoms with Crippen LogP contribution in [0, 0.1) is 0 Å². The van der Waals surface area contributed by atoms with Gasteiger partial charge in [-0.05, 0) is 42.7 Å². The number of carbonyl (C=O) groups excluding carboxylic acids is 1. The maximum atomic E-state index is 11.9. The third-order valence-electron chi connectivity index (χ3n) is 2.59. The summed E-state index contributed by atoms with van der Waals surface area (Å²) in [5.41, 5.74) is 0.844. The van der Waals surface area contributed by atoms with Crippen LogP contribution < -0.4 is 5.32 Å². The highest BCUT2D eigenvalue weighted by atomic mass is 32.2. The largest absolute Gasteiger partial charge is 0.508 e. The molecule has 0 atom stereocenters. The van der Waals surface area contributed by atoms with E-state index in [4.69, 9.17) is 0 Å². The van der Waals surface area contributed by atoms with E-state index in [1.165, 1.54) is 11.8 Å². The number of benzene rings is 2. The number of amides is 1. The average molecular weight is 305 g/mol. The fraction of sp³-hybridized carbons (Fsp3) is 0.133. The minimum atomic E-state index is -0.0374. The first-order valence-electron chi connectivity index (χ1n) is 6.04. The van der Waals surface area contributed by atoms with Crippen molar-refractivity contribution in [3.8, 4) is 5.75 Å². The van der Waals surface area contributed by atoms with E-state index in [-0.39, 0.29) is 11.7 Å². The molecule has 0 heterocycles. The Hall–Kier alpha value is -1.59. The Morgan fingerprint density at radius 3 is 2.55 bits per heavy atom. The Labute approximate surface area is 126 Å². The molecule has 0 aromatic heterocycles. The van der Waals surface area contributed by atoms with Crippen molar-refractivity contribution in [2.45, 2.75) is 9.79 Å². The van der Waals surface area contributed by atoms with Crippen molar-refractivity contribution < 1.29 is 9.90 Å². The van der Waals surface area contributed by atoms with Crippen molar-refractivity contribution in [3.63, 3.8) is 0 Å². The van der Waals surface area contributed by atoms with E-state index in [1.54, 1.807) is 36.0 Å². The van der Waals surface area contributed by atoms with Crippen LogP contribution in [-0.2, 0) is 4.79 Å². The molecular formula is C15H15NO2S2. The number of hydrogen-bond acceptors (Lipinski definition) is 4. The number of phenols is 1. The van der Waals surface area contributed by atoms with Crippen molar-refractivity contribution in [1.82, 2.24) is 0 Å². The molecule has 0 aliphatic heterocycles. The second-order valence-electron chi connectivity index (χ2n) is 4.03. The van der Waals surface area contributed by atoms with E-state index in [2.05, 4.69) is 5.32 Å². The molecule has 0 fully saturated rings. The van der Waals surface area contributed by atoms with Gasteiger partial charge < -0.3 is 10.4 Å². The van der Waals surface area contributed by atoms with Gasteiger partial charge in [-0.2, -0.15) is 0 Å². The predicted octanol–water partition coefficient (Wildman–Crippen LogP) is 3.84. The van der Waals surface area contributed by atoms with Crippen LogP contribution in [0.4, 0.5) is 5.69 Å². The molecule has 1 amide bonds. The van der Waals surface area contributed by atoms with Gasteiger partial charge in [0.1, 0.15) is 5.75 Å². The summed E-state index contributed by atoms with van der Waals surface area (Å²) < 4.78 is 0. The Morgan fingerprint density at radius 1 is 1.15 bits per heavy atom. The molecule has 0 saturated carbocycles. The van der Waals surface area contributed by atoms with Crippen LogP contribution in [-0.4, -0.2) is 23.0 Å². The second kappa shape index (κ2) is 7.26. The first-order valence-corrected chi connectivity index (χ1v) is 8.25. The summed E-state index contributed by atoms with van der Waals surface area (Å²) in [4.78, 5) is 13.9. The molecule has 2 rings (SSSR count). The quantitative estimate of drug-likeness (QED) is 0.824. The monoisotopic (exact) mass is 305 g/mol. The number of para-hydroxylation sites is 1. The molecule has 0 radical (unpaired) electrons. The molecule has 3 nitrogen and oxygen atoms in total. The predicted molar refractivity (Wildman–Crippen MR) is 85.7 cm³/mol. The van der Waals surface area contributed by atoms with Gasteiger partial charge in [0.25, 0.3) is 0 Å². The minimum absolute atomic E-state index is 0.0374. The first-order chi connectivity index (χ1) is 9.69. The highest BCUT2D eigenvalue weighted by Crippen LogP contribution is 2.25. The Balaban J connectivity index is 1.91. The molecule has 104 valence electrons. The molecule has 0 spiro atoms. The lowest BCUT2D eigenvalue weighted by molar-refractivity contribution is -0.113. The van der Waals surface area contributed by atoms with E-state index in [1.807, 2.05) is 30.5 Å². The fourth-order valence-electron chi connectivity index (χ4n) is 1.63. The summed E-state index contributed by atoms with van der Waals surface area (Å²) >= 11 is 3.04. The lowest BCUT2D eigenvalue weighted by atomic mass is 10.3. The maximum absolute atomic E-state index is 11.9. The number of aromatic hydroxyl groups is 1. The van der Waals surface area contributed by atoms with Crippen molar-refractivity contribution in [1.29, 1.82) is 0 Å². The minimum Gasteiger partial charge on any atom is -0.508 e. The number of thioether (sulfide) groups is 2. The van der Waals surface area contributed by atoms with Crippen LogP contribution in [0.3, 0.4) is 0 Å². The smallest absolute Gasteiger partial charge is 0.234 e. The van der Waals surface area contributed by atoms with Crippen LogP contribution in [0.1, 0.15) is 0 Å². The zero-order valence-electron chi connectivity index (χ0n) is 11.0. The van der Waals surface area contributed by atoms with Crippen molar-refractivity contribution in [2.75, 3.05) is 17.3 Å². The SMILES string of the molecule is CSc1ccccc1NC(=O)CSc1ccc(O)cc1. The number of carbonyl (C=O) groups is 1. The van der Waals surface area contributed by atoms with Gasteiger partial charge in [-0.15, -0.1) is 23.5 Å². The molecule has 2 N–H and O–H groups in total. The topological polar surface area (TPSA) is 49.3 Å². The van der Waals surface area contributed by atoms with Gasteiger partial charge in [0.15, 0.2) is 0 Å². The molecule has 2 aromatic rings. The highest BCUT2D eigenvalue weighted by molar-refractivity contribution is 8.00. The van der Waals surface area contributed by atoms with Gasteiger partial charge in [0, 0.05) is 9.79 Å². The first kappa shape index (κ1) is 14.8. The summed E-state index contributed by atoms with van der Waals surface area (Å²) in [6.45, 7) is 0. The van der Waals surface area contributed by atoms with Gasteiger partial charge in [0.2, 0.25) is 5.91 Å². The third-order valence-corrected chi connectivity index (χ3v) is 4.40. The summed E-state index contributed by atoms with van der Waals surface area (Å²) in [5, 5.41) is 12.1. The lowest BCUT2D eigenvalue weighted by Crippen LogP contribution is -2.14. The van der Waals surface area contributed by atoms with E-state index < -0.39 is 0 Å². The highest BCUT2D eigenvalue weighted by Gasteiger charge is 2.06. The van der Waals surface area contributed by atoms with E-state index in [9.17, 15) is 9.90 Å². The normalized spacial score (nSPS) is 10.2. The summed E-state index contributed by atoms with van der Waals surface area (Å²) in [5.74, 6) is 0.533. The molecule has 20 heavy (non-hydrogen) atoms. The molecule has 0 bridgehead atoms. The van der Waals surface area contributed by atoms with Crippen molar-refractivity contribution in [2.24, 2.45) is 0 Å². The fourth-order valence-corrected chi connectivity index (χ4v) is 2.88. The number of hydrogen-bond donors (Lipinski definition) is 2. The van der Waals surface area contributed by atoms with E-state index in [0.29, 0.717) is 5.75 Å². The summed E-state index contributed by atoms with van der Waals surface area (Å²) in [6.07, 6.45) is 1.98. The maximum Gasteiger partial charge on any atom is 0.234 e.